The molecule has 0 heterocycles. The summed E-state index contributed by atoms with van der Waals surface area (Å²) in [6.07, 6.45) is 2.08. The van der Waals surface area contributed by atoms with E-state index in [1.54, 1.807) is 0 Å². The minimum atomic E-state index is 0.815. The zero-order valence-electron chi connectivity index (χ0n) is 8.42. The molecule has 0 aliphatic heterocycles. The first kappa shape index (κ1) is 9.53. The number of nitrogens with zero attached hydrogens (tertiary/aromatic N) is 2. The largest absolute Gasteiger partial charge is 0.303 e. The lowest BCUT2D eigenvalue weighted by Crippen LogP contribution is -2.07. The van der Waals surface area contributed by atoms with Crippen LogP contribution in [0.2, 0.25) is 5.02 Å². The molecule has 1 aliphatic rings. The molecule has 0 bridgehead atoms. The molecule has 0 unspecified atom stereocenters. The van der Waals surface area contributed by atoms with E-state index in [2.05, 4.69) is 11.2 Å². The van der Waals surface area contributed by atoms with Gasteiger partial charge in [0.2, 0.25) is 0 Å². The molecule has 0 aromatic heterocycles. The molecule has 74 valence electrons. The summed E-state index contributed by atoms with van der Waals surface area (Å²) in [6.45, 7) is 0. The quantitative estimate of drug-likeness (QED) is 0.648. The number of fused-ring (bicyclic) bond motifs is 1. The fraction of sp³-hybridized carbons (Fsp3) is 0.364. The van der Waals surface area contributed by atoms with Crippen molar-refractivity contribution >= 4 is 17.3 Å². The molecule has 0 fully saturated rings. The molecule has 0 saturated carbocycles. The number of halogens is 1. The standard InChI is InChI=1S/C11H13ClN2/c1-14(2)13-11-6-3-8-7-9(12)4-5-10(8)11/h4-5,7H,3,6H2,1-2H3. The van der Waals surface area contributed by atoms with Crippen LogP contribution in [0.5, 0.6) is 0 Å². The van der Waals surface area contributed by atoms with Crippen molar-refractivity contribution < 1.29 is 0 Å². The van der Waals surface area contributed by atoms with E-state index in [1.165, 1.54) is 16.8 Å². The summed E-state index contributed by atoms with van der Waals surface area (Å²) in [5.74, 6) is 0. The first-order valence-electron chi connectivity index (χ1n) is 4.70. The van der Waals surface area contributed by atoms with Gasteiger partial charge in [-0.05, 0) is 30.5 Å². The van der Waals surface area contributed by atoms with E-state index in [1.807, 2.05) is 31.2 Å². The maximum atomic E-state index is 5.93. The molecule has 2 rings (SSSR count). The van der Waals surface area contributed by atoms with Crippen LogP contribution < -0.4 is 0 Å². The summed E-state index contributed by atoms with van der Waals surface area (Å²) in [7, 11) is 3.89. The van der Waals surface area contributed by atoms with Crippen molar-refractivity contribution in [3.8, 4) is 0 Å². The van der Waals surface area contributed by atoms with Gasteiger partial charge in [-0.3, -0.25) is 0 Å². The molecular weight excluding hydrogens is 196 g/mol. The van der Waals surface area contributed by atoms with Crippen LogP contribution in [0, 0.1) is 0 Å². The Kier molecular flexibility index (Phi) is 2.46. The average Bonchev–Trinajstić information content (AvgIpc) is 2.47. The van der Waals surface area contributed by atoms with Crippen LogP contribution in [-0.4, -0.2) is 24.8 Å². The van der Waals surface area contributed by atoms with E-state index in [-0.39, 0.29) is 0 Å². The van der Waals surface area contributed by atoms with Gasteiger partial charge in [0.25, 0.3) is 0 Å². The lowest BCUT2D eigenvalue weighted by atomic mass is 10.1. The van der Waals surface area contributed by atoms with Crippen LogP contribution in [0.3, 0.4) is 0 Å². The van der Waals surface area contributed by atoms with E-state index in [0.29, 0.717) is 0 Å². The molecular formula is C11H13ClN2. The van der Waals surface area contributed by atoms with Gasteiger partial charge in [0, 0.05) is 24.7 Å². The predicted octanol–water partition coefficient (Wildman–Crippen LogP) is 2.55. The maximum Gasteiger partial charge on any atom is 0.0683 e. The highest BCUT2D eigenvalue weighted by Gasteiger charge is 2.17. The highest BCUT2D eigenvalue weighted by Crippen LogP contribution is 2.25. The molecule has 0 saturated heterocycles. The number of hydrazone groups is 1. The minimum Gasteiger partial charge on any atom is -0.303 e. The molecule has 0 spiro atoms. The molecule has 1 aromatic carbocycles. The van der Waals surface area contributed by atoms with Crippen molar-refractivity contribution in [3.05, 3.63) is 34.3 Å². The van der Waals surface area contributed by atoms with Crippen LogP contribution in [0.15, 0.2) is 23.3 Å². The normalized spacial score (nSPS) is 17.2. The highest BCUT2D eigenvalue weighted by atomic mass is 35.5. The first-order valence-corrected chi connectivity index (χ1v) is 5.08. The SMILES string of the molecule is CN(C)N=C1CCc2cc(Cl)ccc21. The van der Waals surface area contributed by atoms with Gasteiger partial charge in [-0.1, -0.05) is 17.7 Å². The molecule has 2 nitrogen and oxygen atoms in total. The topological polar surface area (TPSA) is 15.6 Å². The molecule has 0 radical (unpaired) electrons. The lowest BCUT2D eigenvalue weighted by molar-refractivity contribution is 0.437. The van der Waals surface area contributed by atoms with Crippen LogP contribution in [0.4, 0.5) is 0 Å². The summed E-state index contributed by atoms with van der Waals surface area (Å²) in [6, 6.07) is 6.03. The second-order valence-corrected chi connectivity index (χ2v) is 4.13. The average molecular weight is 209 g/mol. The number of aryl methyl sites for hydroxylation is 1. The minimum absolute atomic E-state index is 0.815. The van der Waals surface area contributed by atoms with Crippen LogP contribution in [0.1, 0.15) is 17.5 Å². The molecule has 3 heteroatoms. The summed E-state index contributed by atoms with van der Waals surface area (Å²) in [4.78, 5) is 0. The summed E-state index contributed by atoms with van der Waals surface area (Å²) in [5, 5.41) is 7.12. The fourth-order valence-corrected chi connectivity index (χ4v) is 1.98. The smallest absolute Gasteiger partial charge is 0.0683 e. The zero-order chi connectivity index (χ0) is 10.1. The molecule has 0 amide bonds. The Balaban J connectivity index is 2.40. The Morgan fingerprint density at radius 2 is 2.07 bits per heavy atom. The molecule has 0 atom stereocenters. The number of hydrogen-bond acceptors (Lipinski definition) is 2. The molecule has 1 aromatic rings. The zero-order valence-corrected chi connectivity index (χ0v) is 9.17. The molecule has 14 heavy (non-hydrogen) atoms. The van der Waals surface area contributed by atoms with Gasteiger partial charge < -0.3 is 5.01 Å². The van der Waals surface area contributed by atoms with Crippen molar-refractivity contribution in [2.75, 3.05) is 14.1 Å². The third-order valence-electron chi connectivity index (χ3n) is 2.33. The number of rotatable bonds is 1. The fourth-order valence-electron chi connectivity index (χ4n) is 1.78. The Hall–Kier alpha value is -1.02. The van der Waals surface area contributed by atoms with Gasteiger partial charge in [0.05, 0.1) is 5.71 Å². The van der Waals surface area contributed by atoms with E-state index >= 15 is 0 Å². The monoisotopic (exact) mass is 208 g/mol. The van der Waals surface area contributed by atoms with Gasteiger partial charge in [-0.15, -0.1) is 0 Å². The van der Waals surface area contributed by atoms with E-state index in [0.717, 1.165) is 17.9 Å². The van der Waals surface area contributed by atoms with Gasteiger partial charge in [-0.2, -0.15) is 5.10 Å². The second-order valence-electron chi connectivity index (χ2n) is 3.70. The molecule has 1 aliphatic carbocycles. The lowest BCUT2D eigenvalue weighted by Gasteiger charge is -2.06. The molecule has 0 N–H and O–H groups in total. The van der Waals surface area contributed by atoms with Crippen LogP contribution in [0.25, 0.3) is 0 Å². The van der Waals surface area contributed by atoms with Gasteiger partial charge >= 0.3 is 0 Å². The Labute approximate surface area is 89.2 Å². The highest BCUT2D eigenvalue weighted by molar-refractivity contribution is 6.30. The van der Waals surface area contributed by atoms with Crippen molar-refractivity contribution in [3.63, 3.8) is 0 Å². The third kappa shape index (κ3) is 1.75. The van der Waals surface area contributed by atoms with E-state index in [9.17, 15) is 0 Å². The summed E-state index contributed by atoms with van der Waals surface area (Å²) < 4.78 is 0. The van der Waals surface area contributed by atoms with Gasteiger partial charge in [-0.25, -0.2) is 0 Å². The third-order valence-corrected chi connectivity index (χ3v) is 2.57. The van der Waals surface area contributed by atoms with Crippen molar-refractivity contribution in [1.82, 2.24) is 5.01 Å². The van der Waals surface area contributed by atoms with Crippen molar-refractivity contribution in [2.45, 2.75) is 12.8 Å². The Morgan fingerprint density at radius 1 is 1.29 bits per heavy atom. The van der Waals surface area contributed by atoms with Gasteiger partial charge in [0.15, 0.2) is 0 Å². The Bertz CT molecular complexity index is 383. The van der Waals surface area contributed by atoms with E-state index < -0.39 is 0 Å². The van der Waals surface area contributed by atoms with Crippen molar-refractivity contribution in [2.24, 2.45) is 5.10 Å². The van der Waals surface area contributed by atoms with Gasteiger partial charge in [0.1, 0.15) is 0 Å². The second kappa shape index (κ2) is 3.62. The maximum absolute atomic E-state index is 5.93. The first-order chi connectivity index (χ1) is 6.66. The number of hydrogen-bond donors (Lipinski definition) is 0. The van der Waals surface area contributed by atoms with Crippen LogP contribution in [-0.2, 0) is 6.42 Å². The predicted molar refractivity (Wildman–Crippen MR) is 60.0 cm³/mol. The van der Waals surface area contributed by atoms with E-state index in [4.69, 9.17) is 11.6 Å². The summed E-state index contributed by atoms with van der Waals surface area (Å²) >= 11 is 5.93. The van der Waals surface area contributed by atoms with Crippen LogP contribution >= 0.6 is 11.6 Å². The number of benzene rings is 1. The summed E-state index contributed by atoms with van der Waals surface area (Å²) in [5.41, 5.74) is 3.74. The van der Waals surface area contributed by atoms with Crippen molar-refractivity contribution in [1.29, 1.82) is 0 Å². The Morgan fingerprint density at radius 3 is 2.79 bits per heavy atom.